The molecular weight excluding hydrogens is 383 g/mol. The van der Waals surface area contributed by atoms with Crippen LogP contribution >= 0.6 is 0 Å². The number of amides is 1. The van der Waals surface area contributed by atoms with E-state index in [1.165, 1.54) is 17.7 Å². The zero-order chi connectivity index (χ0) is 18.1. The summed E-state index contributed by atoms with van der Waals surface area (Å²) in [4.78, 5) is 16.2. The average molecular weight is 401 g/mol. The maximum absolute atomic E-state index is 12.9. The minimum atomic E-state index is -0.187. The van der Waals surface area contributed by atoms with Crippen LogP contribution in [0.3, 0.4) is 0 Å². The molecule has 1 heterocycles. The molecule has 0 saturated carbocycles. The van der Waals surface area contributed by atoms with Gasteiger partial charge in [-0.05, 0) is 0 Å². The van der Waals surface area contributed by atoms with E-state index < -0.39 is 0 Å². The van der Waals surface area contributed by atoms with Crippen molar-refractivity contribution in [2.45, 2.75) is 13.3 Å². The van der Waals surface area contributed by atoms with E-state index in [1.54, 1.807) is 29.0 Å². The molecule has 25 heavy (non-hydrogen) atoms. The quantitative estimate of drug-likeness (QED) is 0.612. The van der Waals surface area contributed by atoms with Gasteiger partial charge in [0.25, 0.3) is 0 Å². The van der Waals surface area contributed by atoms with Crippen molar-refractivity contribution in [3.8, 4) is 11.5 Å². The molecule has 1 saturated heterocycles. The first-order chi connectivity index (χ1) is 11.9. The molecule has 1 amide bonds. The van der Waals surface area contributed by atoms with Crippen molar-refractivity contribution < 1.29 is 15.0 Å². The van der Waals surface area contributed by atoms with E-state index in [0.717, 1.165) is 12.1 Å². The molecular formula is C19H18N2O3Se. The first-order valence-electron chi connectivity index (χ1n) is 7.87. The molecule has 2 N–H and O–H groups in total. The van der Waals surface area contributed by atoms with Gasteiger partial charge in [-0.2, -0.15) is 0 Å². The summed E-state index contributed by atoms with van der Waals surface area (Å²) in [6, 6.07) is 12.1. The summed E-state index contributed by atoms with van der Waals surface area (Å²) in [6.07, 6.45) is 2.54. The molecule has 5 nitrogen and oxygen atoms in total. The number of aromatic hydroxyl groups is 2. The Morgan fingerprint density at radius 2 is 1.80 bits per heavy atom. The summed E-state index contributed by atoms with van der Waals surface area (Å²) in [5.41, 5.74) is 2.87. The molecule has 2 aromatic carbocycles. The van der Waals surface area contributed by atoms with Gasteiger partial charge in [0.15, 0.2) is 0 Å². The first-order valence-corrected chi connectivity index (χ1v) is 8.72. The van der Waals surface area contributed by atoms with Crippen molar-refractivity contribution in [2.75, 3.05) is 11.9 Å². The summed E-state index contributed by atoms with van der Waals surface area (Å²) in [5, 5.41) is 19.4. The Labute approximate surface area is 154 Å². The van der Waals surface area contributed by atoms with Crippen LogP contribution in [0.1, 0.15) is 18.1 Å². The van der Waals surface area contributed by atoms with Crippen molar-refractivity contribution in [1.29, 1.82) is 0 Å². The van der Waals surface area contributed by atoms with Crippen LogP contribution in [0, 0.1) is 0 Å². The van der Waals surface area contributed by atoms with Crippen LogP contribution < -0.4 is 4.90 Å². The number of aryl methyl sites for hydroxylation is 1. The van der Waals surface area contributed by atoms with Gasteiger partial charge in [0.05, 0.1) is 0 Å². The Morgan fingerprint density at radius 1 is 1.12 bits per heavy atom. The zero-order valence-electron chi connectivity index (χ0n) is 13.9. The van der Waals surface area contributed by atoms with Crippen LogP contribution in [0.25, 0.3) is 6.08 Å². The van der Waals surface area contributed by atoms with Crippen LogP contribution in [0.5, 0.6) is 11.5 Å². The molecule has 6 heteroatoms. The molecule has 0 unspecified atom stereocenters. The number of rotatable bonds is 3. The number of carbonyl (C=O) groups excluding carboxylic acids is 1. The predicted octanol–water partition coefficient (Wildman–Crippen LogP) is 2.24. The number of nitrogens with zero attached hydrogens (tertiary/aromatic N) is 2. The van der Waals surface area contributed by atoms with Crippen LogP contribution in [-0.2, 0) is 11.2 Å². The standard InChI is InChI=1S/C19H18N2O3Se/c1-3-12-4-7-14(8-5-12)21-18(24)16(20(2)19(21)25)10-13-6-9-15(22)11-17(13)23/h4-11,22-23H,3H2,1-2H3/b16-10+. The monoisotopic (exact) mass is 402 g/mol. The van der Waals surface area contributed by atoms with Gasteiger partial charge in [0.2, 0.25) is 0 Å². The number of carbonyl (C=O) groups is 1. The van der Waals surface area contributed by atoms with Crippen LogP contribution in [0.15, 0.2) is 48.2 Å². The van der Waals surface area contributed by atoms with Gasteiger partial charge < -0.3 is 0 Å². The molecule has 0 spiro atoms. The van der Waals surface area contributed by atoms with E-state index in [0.29, 0.717) is 15.9 Å². The number of hydrogen-bond donors (Lipinski definition) is 2. The Morgan fingerprint density at radius 3 is 2.40 bits per heavy atom. The molecule has 1 fully saturated rings. The van der Waals surface area contributed by atoms with Gasteiger partial charge in [-0.3, -0.25) is 0 Å². The van der Waals surface area contributed by atoms with E-state index in [2.05, 4.69) is 22.5 Å². The predicted molar refractivity (Wildman–Crippen MR) is 99.6 cm³/mol. The maximum atomic E-state index is 12.9. The van der Waals surface area contributed by atoms with Crippen LogP contribution in [0.4, 0.5) is 5.69 Å². The van der Waals surface area contributed by atoms with Crippen molar-refractivity contribution in [2.24, 2.45) is 0 Å². The fourth-order valence-electron chi connectivity index (χ4n) is 2.67. The second-order valence-electron chi connectivity index (χ2n) is 5.77. The van der Waals surface area contributed by atoms with E-state index in [-0.39, 0.29) is 17.4 Å². The molecule has 0 radical (unpaired) electrons. The second-order valence-corrected chi connectivity index (χ2v) is 6.54. The Balaban J connectivity index is 1.98. The Kier molecular flexibility index (Phi) is 4.66. The van der Waals surface area contributed by atoms with Crippen molar-refractivity contribution in [1.82, 2.24) is 4.90 Å². The summed E-state index contributed by atoms with van der Waals surface area (Å²) in [7, 11) is 1.79. The number of benzene rings is 2. The number of likely N-dealkylation sites (N-methyl/N-ethyl adjacent to an activating group) is 1. The summed E-state index contributed by atoms with van der Waals surface area (Å²) in [6.45, 7) is 2.08. The zero-order valence-corrected chi connectivity index (χ0v) is 15.6. The van der Waals surface area contributed by atoms with Gasteiger partial charge >= 0.3 is 154 Å². The van der Waals surface area contributed by atoms with Gasteiger partial charge in [-0.1, -0.05) is 0 Å². The third-order valence-corrected chi connectivity index (χ3v) is 5.13. The van der Waals surface area contributed by atoms with Gasteiger partial charge in [-0.25, -0.2) is 0 Å². The SMILES string of the molecule is CCc1ccc(N2C(=O)/C(=C\c3ccc(O)cc3O)N(C)C2=[Se])cc1. The van der Waals surface area contributed by atoms with E-state index in [1.807, 2.05) is 24.3 Å². The molecule has 0 atom stereocenters. The third kappa shape index (κ3) is 3.18. The normalized spacial score (nSPS) is 16.2. The molecule has 1 aliphatic rings. The number of phenols is 2. The Bertz CT molecular complexity index is 875. The first kappa shape index (κ1) is 17.3. The summed E-state index contributed by atoms with van der Waals surface area (Å²) < 4.78 is 0.666. The van der Waals surface area contributed by atoms with E-state index in [9.17, 15) is 15.0 Å². The molecule has 0 aromatic heterocycles. The van der Waals surface area contributed by atoms with Crippen LogP contribution in [-0.4, -0.2) is 48.3 Å². The van der Waals surface area contributed by atoms with E-state index >= 15 is 0 Å². The average Bonchev–Trinajstić information content (AvgIpc) is 2.81. The molecule has 3 rings (SSSR count). The van der Waals surface area contributed by atoms with Gasteiger partial charge in [0.1, 0.15) is 0 Å². The molecule has 1 aliphatic heterocycles. The molecule has 0 bridgehead atoms. The minimum absolute atomic E-state index is 0.0283. The number of phenolic OH excluding ortho intramolecular Hbond substituents is 2. The third-order valence-electron chi connectivity index (χ3n) is 4.17. The van der Waals surface area contributed by atoms with Crippen LogP contribution in [0.2, 0.25) is 0 Å². The van der Waals surface area contributed by atoms with E-state index in [4.69, 9.17) is 0 Å². The Hall–Kier alpha value is -2.56. The summed E-state index contributed by atoms with van der Waals surface area (Å²) in [5.74, 6) is -0.298. The molecule has 2 aromatic rings. The number of anilines is 1. The summed E-state index contributed by atoms with van der Waals surface area (Å²) >= 11 is 2.94. The van der Waals surface area contributed by atoms with Crippen molar-refractivity contribution in [3.63, 3.8) is 0 Å². The topological polar surface area (TPSA) is 64.0 Å². The fraction of sp³-hybridized carbons (Fsp3) is 0.158. The fourth-order valence-corrected chi connectivity index (χ4v) is 3.27. The van der Waals surface area contributed by atoms with Crippen molar-refractivity contribution >= 4 is 37.9 Å². The number of hydrogen-bond acceptors (Lipinski definition) is 4. The van der Waals surface area contributed by atoms with Gasteiger partial charge in [-0.15, -0.1) is 0 Å². The van der Waals surface area contributed by atoms with Crippen molar-refractivity contribution in [3.05, 3.63) is 59.3 Å². The van der Waals surface area contributed by atoms with Gasteiger partial charge in [0, 0.05) is 0 Å². The second kappa shape index (κ2) is 6.75. The molecule has 128 valence electrons. The molecule has 0 aliphatic carbocycles.